The number of carbonyl (C=O) groups is 1. The van der Waals surface area contributed by atoms with Crippen LogP contribution < -0.4 is 10.1 Å². The van der Waals surface area contributed by atoms with Gasteiger partial charge in [-0.1, -0.05) is 12.1 Å². The maximum absolute atomic E-state index is 12.4. The number of hydrogen-bond acceptors (Lipinski definition) is 5. The Hall–Kier alpha value is -3.54. The molecule has 1 amide bonds. The van der Waals surface area contributed by atoms with Crippen molar-refractivity contribution in [1.82, 2.24) is 10.3 Å². The summed E-state index contributed by atoms with van der Waals surface area (Å²) in [5.74, 6) is 2.75. The second-order valence-corrected chi connectivity index (χ2v) is 6.51. The van der Waals surface area contributed by atoms with E-state index in [9.17, 15) is 4.79 Å². The van der Waals surface area contributed by atoms with Crippen molar-refractivity contribution in [2.24, 2.45) is 0 Å². The molecule has 1 N–H and O–H groups in total. The van der Waals surface area contributed by atoms with Gasteiger partial charge in [0.1, 0.15) is 22.8 Å². The third-order valence-electron chi connectivity index (χ3n) is 4.43. The summed E-state index contributed by atoms with van der Waals surface area (Å²) in [5.41, 5.74) is 2.90. The maximum Gasteiger partial charge on any atom is 0.251 e. The molecule has 4 aromatic rings. The predicted octanol–water partition coefficient (Wildman–Crippen LogP) is 4.26. The van der Waals surface area contributed by atoms with E-state index in [1.54, 1.807) is 25.3 Å². The average Bonchev–Trinajstić information content (AvgIpc) is 3.31. The quantitative estimate of drug-likeness (QED) is 0.544. The molecule has 0 unspecified atom stereocenters. The number of methoxy groups -OCH3 is 1. The number of ether oxygens (including phenoxy) is 1. The Labute approximate surface area is 162 Å². The standard InChI is InChI=1S/C22H20N2O4/c1-14-3-7-18(27-14)13-23-22(25)16-6-10-19-20(12-16)28-21(24-19)11-15-4-8-17(26-2)9-5-15/h3-10,12H,11,13H2,1-2H3,(H,23,25). The van der Waals surface area contributed by atoms with Crippen LogP contribution in [-0.2, 0) is 13.0 Å². The van der Waals surface area contributed by atoms with Gasteiger partial charge in [0.2, 0.25) is 0 Å². The van der Waals surface area contributed by atoms with E-state index in [-0.39, 0.29) is 5.91 Å². The normalized spacial score (nSPS) is 10.9. The lowest BCUT2D eigenvalue weighted by Gasteiger charge is -2.03. The molecule has 0 radical (unpaired) electrons. The Morgan fingerprint density at radius 2 is 1.89 bits per heavy atom. The molecule has 4 rings (SSSR count). The molecule has 0 saturated heterocycles. The zero-order valence-corrected chi connectivity index (χ0v) is 15.7. The van der Waals surface area contributed by atoms with Gasteiger partial charge in [-0.3, -0.25) is 4.79 Å². The van der Waals surface area contributed by atoms with Crippen molar-refractivity contribution >= 4 is 17.0 Å². The molecule has 0 aliphatic heterocycles. The number of aromatic nitrogens is 1. The van der Waals surface area contributed by atoms with Crippen LogP contribution in [0.2, 0.25) is 0 Å². The summed E-state index contributed by atoms with van der Waals surface area (Å²) in [4.78, 5) is 16.9. The highest BCUT2D eigenvalue weighted by molar-refractivity contribution is 5.96. The molecule has 0 bridgehead atoms. The van der Waals surface area contributed by atoms with Crippen LogP contribution in [0.5, 0.6) is 5.75 Å². The largest absolute Gasteiger partial charge is 0.497 e. The van der Waals surface area contributed by atoms with Gasteiger partial charge in [0.25, 0.3) is 5.91 Å². The molecule has 0 aliphatic carbocycles. The average molecular weight is 376 g/mol. The summed E-state index contributed by atoms with van der Waals surface area (Å²) in [6, 6.07) is 16.7. The number of amides is 1. The Kier molecular flexibility index (Phi) is 4.85. The van der Waals surface area contributed by atoms with Gasteiger partial charge in [-0.15, -0.1) is 0 Å². The highest BCUT2D eigenvalue weighted by Gasteiger charge is 2.12. The molecule has 6 heteroatoms. The van der Waals surface area contributed by atoms with E-state index in [0.29, 0.717) is 35.8 Å². The zero-order chi connectivity index (χ0) is 19.5. The van der Waals surface area contributed by atoms with Crippen LogP contribution in [0.3, 0.4) is 0 Å². The minimum Gasteiger partial charge on any atom is -0.497 e. The van der Waals surface area contributed by atoms with Crippen molar-refractivity contribution in [3.63, 3.8) is 0 Å². The van der Waals surface area contributed by atoms with E-state index in [4.69, 9.17) is 13.6 Å². The monoisotopic (exact) mass is 376 g/mol. The van der Waals surface area contributed by atoms with Crippen molar-refractivity contribution in [2.75, 3.05) is 7.11 Å². The van der Waals surface area contributed by atoms with E-state index in [1.807, 2.05) is 43.3 Å². The van der Waals surface area contributed by atoms with E-state index < -0.39 is 0 Å². The summed E-state index contributed by atoms with van der Waals surface area (Å²) in [6.45, 7) is 2.20. The number of nitrogens with zero attached hydrogens (tertiary/aromatic N) is 1. The van der Waals surface area contributed by atoms with Gasteiger partial charge in [-0.25, -0.2) is 4.98 Å². The Balaban J connectivity index is 1.46. The predicted molar refractivity (Wildman–Crippen MR) is 104 cm³/mol. The van der Waals surface area contributed by atoms with Crippen molar-refractivity contribution in [2.45, 2.75) is 19.9 Å². The summed E-state index contributed by atoms with van der Waals surface area (Å²) in [5, 5.41) is 2.84. The second kappa shape index (κ2) is 7.60. The molecule has 6 nitrogen and oxygen atoms in total. The number of benzene rings is 2. The fourth-order valence-electron chi connectivity index (χ4n) is 2.96. The lowest BCUT2D eigenvalue weighted by Crippen LogP contribution is -2.22. The van der Waals surface area contributed by atoms with Gasteiger partial charge in [0.15, 0.2) is 11.5 Å². The van der Waals surface area contributed by atoms with Gasteiger partial charge < -0.3 is 18.9 Å². The molecule has 0 fully saturated rings. The summed E-state index contributed by atoms with van der Waals surface area (Å²) >= 11 is 0. The lowest BCUT2D eigenvalue weighted by atomic mass is 10.1. The fourth-order valence-corrected chi connectivity index (χ4v) is 2.96. The minimum atomic E-state index is -0.191. The Morgan fingerprint density at radius 3 is 2.61 bits per heavy atom. The van der Waals surface area contributed by atoms with Crippen LogP contribution in [0, 0.1) is 6.92 Å². The van der Waals surface area contributed by atoms with Crippen LogP contribution in [0.25, 0.3) is 11.1 Å². The van der Waals surface area contributed by atoms with E-state index in [2.05, 4.69) is 10.3 Å². The van der Waals surface area contributed by atoms with E-state index in [0.717, 1.165) is 22.6 Å². The minimum absolute atomic E-state index is 0.191. The van der Waals surface area contributed by atoms with Gasteiger partial charge >= 0.3 is 0 Å². The third kappa shape index (κ3) is 3.91. The number of oxazole rings is 1. The van der Waals surface area contributed by atoms with E-state index in [1.165, 1.54) is 0 Å². The number of carbonyl (C=O) groups excluding carboxylic acids is 1. The number of rotatable bonds is 6. The molecule has 2 aromatic carbocycles. The van der Waals surface area contributed by atoms with Gasteiger partial charge in [0, 0.05) is 12.0 Å². The molecule has 0 aliphatic rings. The topological polar surface area (TPSA) is 77.5 Å². The highest BCUT2D eigenvalue weighted by Crippen LogP contribution is 2.21. The first-order valence-electron chi connectivity index (χ1n) is 8.96. The molecule has 0 saturated carbocycles. The smallest absolute Gasteiger partial charge is 0.251 e. The molecular formula is C22H20N2O4. The molecule has 2 aromatic heterocycles. The first-order chi connectivity index (χ1) is 13.6. The SMILES string of the molecule is COc1ccc(Cc2nc3ccc(C(=O)NCc4ccc(C)o4)cc3o2)cc1. The number of aryl methyl sites for hydroxylation is 1. The van der Waals surface area contributed by atoms with Crippen molar-refractivity contribution < 1.29 is 18.4 Å². The molecule has 0 atom stereocenters. The second-order valence-electron chi connectivity index (χ2n) is 6.51. The fraction of sp³-hybridized carbons (Fsp3) is 0.182. The van der Waals surface area contributed by atoms with Crippen LogP contribution in [0.4, 0.5) is 0 Å². The summed E-state index contributed by atoms with van der Waals surface area (Å²) < 4.78 is 16.5. The number of hydrogen-bond donors (Lipinski definition) is 1. The van der Waals surface area contributed by atoms with Gasteiger partial charge in [-0.05, 0) is 55.0 Å². The van der Waals surface area contributed by atoms with Crippen LogP contribution in [0.1, 0.15) is 33.3 Å². The molecular weight excluding hydrogens is 356 g/mol. The first-order valence-corrected chi connectivity index (χ1v) is 8.96. The number of nitrogens with one attached hydrogen (secondary N) is 1. The molecule has 0 spiro atoms. The lowest BCUT2D eigenvalue weighted by molar-refractivity contribution is 0.0948. The first kappa shape index (κ1) is 17.9. The van der Waals surface area contributed by atoms with Gasteiger partial charge in [-0.2, -0.15) is 0 Å². The highest BCUT2D eigenvalue weighted by atomic mass is 16.5. The van der Waals surface area contributed by atoms with Crippen molar-refractivity contribution in [3.05, 3.63) is 83.1 Å². The third-order valence-corrected chi connectivity index (χ3v) is 4.43. The van der Waals surface area contributed by atoms with Crippen LogP contribution in [0.15, 0.2) is 63.4 Å². The van der Waals surface area contributed by atoms with Crippen molar-refractivity contribution in [3.8, 4) is 5.75 Å². The molecule has 2 heterocycles. The van der Waals surface area contributed by atoms with Crippen molar-refractivity contribution in [1.29, 1.82) is 0 Å². The van der Waals surface area contributed by atoms with Gasteiger partial charge in [0.05, 0.1) is 13.7 Å². The van der Waals surface area contributed by atoms with E-state index >= 15 is 0 Å². The zero-order valence-electron chi connectivity index (χ0n) is 15.7. The molecule has 28 heavy (non-hydrogen) atoms. The van der Waals surface area contributed by atoms with Crippen LogP contribution in [-0.4, -0.2) is 18.0 Å². The maximum atomic E-state index is 12.4. The number of fused-ring (bicyclic) bond motifs is 1. The molecule has 142 valence electrons. The summed E-state index contributed by atoms with van der Waals surface area (Å²) in [6.07, 6.45) is 0.568. The Bertz CT molecular complexity index is 1110. The number of furan rings is 1. The van der Waals surface area contributed by atoms with Crippen LogP contribution >= 0.6 is 0 Å². The summed E-state index contributed by atoms with van der Waals surface area (Å²) in [7, 11) is 1.64. The Morgan fingerprint density at radius 1 is 1.07 bits per heavy atom.